The molecule has 0 saturated carbocycles. The highest BCUT2D eigenvalue weighted by Crippen LogP contribution is 2.27. The van der Waals surface area contributed by atoms with E-state index in [1.165, 1.54) is 23.8 Å². The van der Waals surface area contributed by atoms with Gasteiger partial charge in [-0.2, -0.15) is 0 Å². The normalized spacial score (nSPS) is 12.4. The molecular formula is C16H16ClFO. The molecule has 0 amide bonds. The third-order valence-corrected chi connectivity index (χ3v) is 3.49. The number of rotatable bonds is 4. The van der Waals surface area contributed by atoms with Gasteiger partial charge in [-0.1, -0.05) is 41.4 Å². The second kappa shape index (κ2) is 6.18. The standard InChI is InChI=1S/C16H16ClFO/c1-11-2-4-12(5-3-11)6-9-16(19)14-10-13(18)7-8-15(14)17/h2-5,7-8,10,16,19H,6,9H2,1H3. The van der Waals surface area contributed by atoms with Crippen LogP contribution in [0.1, 0.15) is 29.2 Å². The van der Waals surface area contributed by atoms with Gasteiger partial charge < -0.3 is 5.11 Å². The molecule has 0 fully saturated rings. The molecule has 2 aromatic rings. The molecule has 0 spiro atoms. The summed E-state index contributed by atoms with van der Waals surface area (Å²) in [5.41, 5.74) is 2.81. The van der Waals surface area contributed by atoms with Crippen LogP contribution in [0.25, 0.3) is 0 Å². The summed E-state index contributed by atoms with van der Waals surface area (Å²) in [7, 11) is 0. The summed E-state index contributed by atoms with van der Waals surface area (Å²) >= 11 is 5.97. The van der Waals surface area contributed by atoms with Crippen molar-refractivity contribution in [2.75, 3.05) is 0 Å². The number of aliphatic hydroxyl groups excluding tert-OH is 1. The lowest BCUT2D eigenvalue weighted by atomic mass is 10.0. The Kier molecular flexibility index (Phi) is 4.56. The predicted molar refractivity (Wildman–Crippen MR) is 75.9 cm³/mol. The number of benzene rings is 2. The highest BCUT2D eigenvalue weighted by Gasteiger charge is 2.12. The highest BCUT2D eigenvalue weighted by atomic mass is 35.5. The molecular weight excluding hydrogens is 263 g/mol. The van der Waals surface area contributed by atoms with Crippen LogP contribution in [0.5, 0.6) is 0 Å². The minimum Gasteiger partial charge on any atom is -0.388 e. The third kappa shape index (κ3) is 3.79. The van der Waals surface area contributed by atoms with Crippen LogP contribution in [0.3, 0.4) is 0 Å². The van der Waals surface area contributed by atoms with Crippen LogP contribution in [0, 0.1) is 12.7 Å². The molecule has 0 aliphatic rings. The Morgan fingerprint density at radius 3 is 2.53 bits per heavy atom. The van der Waals surface area contributed by atoms with Crippen LogP contribution in [-0.4, -0.2) is 5.11 Å². The molecule has 1 nitrogen and oxygen atoms in total. The van der Waals surface area contributed by atoms with E-state index in [2.05, 4.69) is 0 Å². The second-order valence-corrected chi connectivity index (χ2v) is 5.11. The van der Waals surface area contributed by atoms with Gasteiger partial charge in [-0.15, -0.1) is 0 Å². The predicted octanol–water partition coefficient (Wildman–Crippen LogP) is 4.45. The molecule has 0 bridgehead atoms. The van der Waals surface area contributed by atoms with Crippen molar-refractivity contribution in [2.24, 2.45) is 0 Å². The quantitative estimate of drug-likeness (QED) is 0.876. The van der Waals surface area contributed by atoms with E-state index in [0.717, 1.165) is 12.0 Å². The molecule has 3 heteroatoms. The van der Waals surface area contributed by atoms with E-state index in [1.54, 1.807) is 0 Å². The Hall–Kier alpha value is -1.38. The molecule has 0 radical (unpaired) electrons. The molecule has 19 heavy (non-hydrogen) atoms. The lowest BCUT2D eigenvalue weighted by Gasteiger charge is -2.13. The van der Waals surface area contributed by atoms with Crippen LogP contribution in [0.2, 0.25) is 5.02 Å². The van der Waals surface area contributed by atoms with Crippen molar-refractivity contribution in [3.05, 3.63) is 70.0 Å². The van der Waals surface area contributed by atoms with E-state index in [-0.39, 0.29) is 5.82 Å². The molecule has 0 aromatic heterocycles. The summed E-state index contributed by atoms with van der Waals surface area (Å²) in [5.74, 6) is -0.381. The SMILES string of the molecule is Cc1ccc(CCC(O)c2cc(F)ccc2Cl)cc1. The number of aryl methyl sites for hydroxylation is 2. The molecule has 2 rings (SSSR count). The third-order valence-electron chi connectivity index (χ3n) is 3.14. The van der Waals surface area contributed by atoms with Crippen LogP contribution >= 0.6 is 11.6 Å². The van der Waals surface area contributed by atoms with Crippen LogP contribution < -0.4 is 0 Å². The van der Waals surface area contributed by atoms with Gasteiger partial charge in [-0.05, 0) is 43.5 Å². The topological polar surface area (TPSA) is 20.2 Å². The summed E-state index contributed by atoms with van der Waals surface area (Å²) < 4.78 is 13.1. The molecule has 1 atom stereocenters. The lowest BCUT2D eigenvalue weighted by Crippen LogP contribution is -2.01. The Balaban J connectivity index is 2.03. The Morgan fingerprint density at radius 2 is 1.84 bits per heavy atom. The second-order valence-electron chi connectivity index (χ2n) is 4.71. The number of aliphatic hydroxyl groups is 1. The van der Waals surface area contributed by atoms with Crippen molar-refractivity contribution in [1.82, 2.24) is 0 Å². The minimum absolute atomic E-state index is 0.381. The van der Waals surface area contributed by atoms with Crippen LogP contribution in [0.4, 0.5) is 4.39 Å². The first-order chi connectivity index (χ1) is 9.06. The van der Waals surface area contributed by atoms with E-state index in [9.17, 15) is 9.50 Å². The molecule has 100 valence electrons. The molecule has 1 N–H and O–H groups in total. The van der Waals surface area contributed by atoms with E-state index in [1.807, 2.05) is 31.2 Å². The molecule has 0 heterocycles. The molecule has 0 aliphatic heterocycles. The fraction of sp³-hybridized carbons (Fsp3) is 0.250. The zero-order valence-corrected chi connectivity index (χ0v) is 11.5. The van der Waals surface area contributed by atoms with Gasteiger partial charge in [-0.25, -0.2) is 4.39 Å². The van der Waals surface area contributed by atoms with Gasteiger partial charge in [0.05, 0.1) is 6.10 Å². The van der Waals surface area contributed by atoms with Crippen molar-refractivity contribution in [2.45, 2.75) is 25.9 Å². The van der Waals surface area contributed by atoms with Crippen LogP contribution in [0.15, 0.2) is 42.5 Å². The van der Waals surface area contributed by atoms with Crippen molar-refractivity contribution in [1.29, 1.82) is 0 Å². The Labute approximate surface area is 117 Å². The van der Waals surface area contributed by atoms with Crippen molar-refractivity contribution >= 4 is 11.6 Å². The molecule has 1 unspecified atom stereocenters. The molecule has 2 aromatic carbocycles. The first kappa shape index (κ1) is 14.0. The smallest absolute Gasteiger partial charge is 0.123 e. The van der Waals surface area contributed by atoms with Gasteiger partial charge in [0.2, 0.25) is 0 Å². The van der Waals surface area contributed by atoms with Crippen molar-refractivity contribution in [3.63, 3.8) is 0 Å². The maximum absolute atomic E-state index is 13.1. The number of halogens is 2. The first-order valence-corrected chi connectivity index (χ1v) is 6.62. The van der Waals surface area contributed by atoms with Gasteiger partial charge in [-0.3, -0.25) is 0 Å². The van der Waals surface area contributed by atoms with E-state index >= 15 is 0 Å². The average molecular weight is 279 g/mol. The molecule has 0 saturated heterocycles. The van der Waals surface area contributed by atoms with E-state index in [4.69, 9.17) is 11.6 Å². The van der Waals surface area contributed by atoms with Gasteiger partial charge in [0.25, 0.3) is 0 Å². The zero-order valence-electron chi connectivity index (χ0n) is 10.7. The van der Waals surface area contributed by atoms with E-state index in [0.29, 0.717) is 17.0 Å². The zero-order chi connectivity index (χ0) is 13.8. The maximum atomic E-state index is 13.1. The lowest BCUT2D eigenvalue weighted by molar-refractivity contribution is 0.167. The first-order valence-electron chi connectivity index (χ1n) is 6.25. The van der Waals surface area contributed by atoms with Crippen molar-refractivity contribution < 1.29 is 9.50 Å². The van der Waals surface area contributed by atoms with Gasteiger partial charge in [0.15, 0.2) is 0 Å². The van der Waals surface area contributed by atoms with Gasteiger partial charge in [0, 0.05) is 10.6 Å². The largest absolute Gasteiger partial charge is 0.388 e. The fourth-order valence-corrected chi connectivity index (χ4v) is 2.23. The average Bonchev–Trinajstić information content (AvgIpc) is 2.40. The van der Waals surface area contributed by atoms with Crippen molar-refractivity contribution in [3.8, 4) is 0 Å². The summed E-state index contributed by atoms with van der Waals surface area (Å²) in [5, 5.41) is 10.5. The Morgan fingerprint density at radius 1 is 1.16 bits per heavy atom. The summed E-state index contributed by atoms with van der Waals surface area (Å²) in [6.45, 7) is 2.03. The van der Waals surface area contributed by atoms with Crippen LogP contribution in [-0.2, 0) is 6.42 Å². The fourth-order valence-electron chi connectivity index (χ4n) is 1.98. The number of hydrogen-bond donors (Lipinski definition) is 1. The minimum atomic E-state index is -0.746. The Bertz CT molecular complexity index is 551. The summed E-state index contributed by atoms with van der Waals surface area (Å²) in [4.78, 5) is 0. The highest BCUT2D eigenvalue weighted by molar-refractivity contribution is 6.31. The summed E-state index contributed by atoms with van der Waals surface area (Å²) in [6, 6.07) is 12.2. The van der Waals surface area contributed by atoms with Gasteiger partial charge in [0.1, 0.15) is 5.82 Å². The van der Waals surface area contributed by atoms with E-state index < -0.39 is 6.10 Å². The molecule has 0 aliphatic carbocycles. The number of hydrogen-bond acceptors (Lipinski definition) is 1. The monoisotopic (exact) mass is 278 g/mol. The maximum Gasteiger partial charge on any atom is 0.123 e. The summed E-state index contributed by atoms with van der Waals surface area (Å²) in [6.07, 6.45) is 0.505. The van der Waals surface area contributed by atoms with Gasteiger partial charge >= 0.3 is 0 Å².